The average molecular weight is 1520 g/mol. The van der Waals surface area contributed by atoms with Crippen molar-refractivity contribution in [1.29, 1.82) is 0 Å². The number of halogens is 7. The molecular weight excluding hydrogens is 1460 g/mol. The SMILES string of the molecule is CCS(=O)(=O)c1ccc(-c2c(Cl)cc(N)cc2Cl)cc1.CCS(=O)(=O)c1ccc(CC(=O)Cc2cc(Cl)c(-c3ccc(S(C)(=O)=O)cc3)c(Cl)c2)cc1.CCS(=O)(=O)c1ccc(CC(=O)O)cc1.CS(=O)(=O)c1ccc(B(O)O)cc1.Nc1cc(Cl)c(Br)c(Cl)c1. The zero-order valence-corrected chi connectivity index (χ0v) is 59.1. The molecule has 0 bridgehead atoms. The van der Waals surface area contributed by atoms with Crippen molar-refractivity contribution < 1.29 is 66.8 Å². The van der Waals surface area contributed by atoms with Crippen LogP contribution in [-0.2, 0) is 78.0 Å². The third-order valence-corrected chi connectivity index (χ3v) is 23.3. The normalized spacial score (nSPS) is 11.5. The lowest BCUT2D eigenvalue weighted by molar-refractivity contribution is -0.136. The van der Waals surface area contributed by atoms with E-state index in [1.807, 2.05) is 0 Å². The van der Waals surface area contributed by atoms with E-state index >= 15 is 0 Å². The van der Waals surface area contributed by atoms with Crippen LogP contribution >= 0.6 is 85.5 Å². The minimum Gasteiger partial charge on any atom is -0.481 e. The maximum Gasteiger partial charge on any atom is 0.488 e. The topological polar surface area (TPSA) is 318 Å². The number of carboxylic acid groups (broad SMARTS) is 1. The number of nitrogen functional groups attached to an aromatic ring is 2. The van der Waals surface area contributed by atoms with Gasteiger partial charge in [-0.25, -0.2) is 42.1 Å². The standard InChI is InChI=1S/C24H22Cl2O5S2.C14H13Cl2NO2S.C10H12O4S.C7H9BO4S.C6H4BrCl2N/c1-3-33(30,31)21-8-4-16(5-9-21)12-19(27)13-17-14-22(25)24(23(26)15-17)18-6-10-20(11-7-18)32(2,28)29;1-2-20(18,19)11-5-3-9(4-6-11)14-12(15)7-10(17)8-13(14)16;1-2-15(13,14)9-5-3-8(4-6-9)7-10(11)12;1-13(11,12)7-4-2-6(3-5-7)8(9)10;7-6-4(8)1-3(10)2-5(6)9/h4-11,14-15H,3,12-13H2,1-2H3;3-8H,2,17H2,1H3;3-6H,2,7H2,1H3,(H,11,12);2-5,9-10H,1H3;1-2H,10H2. The van der Waals surface area contributed by atoms with Crippen molar-refractivity contribution in [1.82, 2.24) is 0 Å². The molecule has 486 valence electrons. The van der Waals surface area contributed by atoms with E-state index < -0.39 is 62.3 Å². The number of rotatable bonds is 17. The number of nitrogens with two attached hydrogens (primary N) is 2. The van der Waals surface area contributed by atoms with E-state index in [2.05, 4.69) is 15.9 Å². The van der Waals surface area contributed by atoms with Gasteiger partial charge in [0.1, 0.15) is 5.78 Å². The molecule has 17 nitrogen and oxygen atoms in total. The first-order valence-corrected chi connectivity index (χ1v) is 38.3. The van der Waals surface area contributed by atoms with Gasteiger partial charge in [0, 0.05) is 47.9 Å². The van der Waals surface area contributed by atoms with E-state index in [-0.39, 0.29) is 72.2 Å². The summed E-state index contributed by atoms with van der Waals surface area (Å²) in [6, 6.07) is 40.2. The summed E-state index contributed by atoms with van der Waals surface area (Å²) in [6.07, 6.45) is 2.40. The first-order chi connectivity index (χ1) is 42.2. The summed E-state index contributed by atoms with van der Waals surface area (Å²) in [5.41, 5.74) is 17.0. The number of hydrogen-bond acceptors (Lipinski definition) is 16. The van der Waals surface area contributed by atoms with Crippen LogP contribution in [0.5, 0.6) is 0 Å². The van der Waals surface area contributed by atoms with Gasteiger partial charge in [-0.2, -0.15) is 0 Å². The van der Waals surface area contributed by atoms with Crippen molar-refractivity contribution >= 4 is 170 Å². The van der Waals surface area contributed by atoms with E-state index in [4.69, 9.17) is 96.2 Å². The summed E-state index contributed by atoms with van der Waals surface area (Å²) in [5, 5.41) is 28.6. The van der Waals surface area contributed by atoms with Crippen molar-refractivity contribution in [3.05, 3.63) is 209 Å². The lowest BCUT2D eigenvalue weighted by atomic mass is 9.81. The third-order valence-electron chi connectivity index (χ3n) is 12.7. The maximum atomic E-state index is 12.6. The molecule has 0 atom stereocenters. The van der Waals surface area contributed by atoms with Crippen molar-refractivity contribution in [2.24, 2.45) is 0 Å². The summed E-state index contributed by atoms with van der Waals surface area (Å²) in [6.45, 7) is 4.76. The maximum absolute atomic E-state index is 12.6. The minimum absolute atomic E-state index is 0.0185. The molecule has 0 radical (unpaired) electrons. The Kier molecular flexibility index (Phi) is 29.1. The van der Waals surface area contributed by atoms with Crippen molar-refractivity contribution in [2.45, 2.75) is 64.5 Å². The van der Waals surface area contributed by atoms with Crippen LogP contribution in [0.4, 0.5) is 11.4 Å². The Bertz CT molecular complexity index is 4410. The Morgan fingerprint density at radius 2 is 0.692 bits per heavy atom. The number of benzene rings is 8. The van der Waals surface area contributed by atoms with Gasteiger partial charge in [-0.15, -0.1) is 0 Å². The van der Waals surface area contributed by atoms with Crippen LogP contribution in [0.2, 0.25) is 30.1 Å². The summed E-state index contributed by atoms with van der Waals surface area (Å²) in [4.78, 5) is 24.1. The van der Waals surface area contributed by atoms with E-state index in [9.17, 15) is 51.7 Å². The van der Waals surface area contributed by atoms with E-state index in [0.29, 0.717) is 73.8 Å². The predicted molar refractivity (Wildman–Crippen MR) is 369 cm³/mol. The number of aliphatic carboxylic acids is 1. The minimum atomic E-state index is -3.31. The molecule has 8 rings (SSSR count). The van der Waals surface area contributed by atoms with E-state index in [0.717, 1.165) is 23.6 Å². The average Bonchev–Trinajstić information content (AvgIpc) is 0.994. The molecule has 8 aromatic rings. The van der Waals surface area contributed by atoms with Gasteiger partial charge in [-0.05, 0) is 146 Å². The van der Waals surface area contributed by atoms with Crippen LogP contribution in [0, 0.1) is 0 Å². The number of anilines is 2. The Hall–Kier alpha value is -5.55. The Morgan fingerprint density at radius 1 is 0.418 bits per heavy atom. The van der Waals surface area contributed by atoms with Crippen LogP contribution in [0.3, 0.4) is 0 Å². The third kappa shape index (κ3) is 23.8. The Balaban J connectivity index is 0.000000261. The van der Waals surface area contributed by atoms with E-state index in [1.54, 1.807) is 106 Å². The molecule has 0 aliphatic rings. The molecule has 7 N–H and O–H groups in total. The highest BCUT2D eigenvalue weighted by molar-refractivity contribution is 9.10. The molecule has 0 aromatic heterocycles. The summed E-state index contributed by atoms with van der Waals surface area (Å²) < 4.78 is 116. The molecule has 0 fully saturated rings. The smallest absolute Gasteiger partial charge is 0.481 e. The number of Topliss-reactive ketones (excluding diaryl/α,β-unsaturated/α-hetero) is 1. The lowest BCUT2D eigenvalue weighted by Gasteiger charge is -2.11. The lowest BCUT2D eigenvalue weighted by Crippen LogP contribution is -2.29. The van der Waals surface area contributed by atoms with Gasteiger partial charge >= 0.3 is 13.1 Å². The van der Waals surface area contributed by atoms with Crippen molar-refractivity contribution in [3.8, 4) is 22.3 Å². The van der Waals surface area contributed by atoms with Gasteiger partial charge in [0.2, 0.25) is 0 Å². The number of hydrogen-bond donors (Lipinski definition) is 5. The van der Waals surface area contributed by atoms with Gasteiger partial charge in [0.05, 0.1) is 82.8 Å². The molecule has 0 saturated heterocycles. The fraction of sp³-hybridized carbons (Fsp3) is 0.180. The fourth-order valence-corrected chi connectivity index (χ4v) is 14.0. The summed E-state index contributed by atoms with van der Waals surface area (Å²) >= 11 is 39.8. The second kappa shape index (κ2) is 34.0. The van der Waals surface area contributed by atoms with Gasteiger partial charge in [0.25, 0.3) is 0 Å². The van der Waals surface area contributed by atoms with Crippen LogP contribution < -0.4 is 16.9 Å². The van der Waals surface area contributed by atoms with E-state index in [1.165, 1.54) is 72.8 Å². The van der Waals surface area contributed by atoms with Gasteiger partial charge in [-0.1, -0.05) is 151 Å². The molecule has 0 aliphatic heterocycles. The molecule has 0 unspecified atom stereocenters. The number of carbonyl (C=O) groups excluding carboxylic acids is 1. The van der Waals surface area contributed by atoms with Crippen LogP contribution in [0.25, 0.3) is 22.3 Å². The number of carbonyl (C=O) groups is 2. The van der Waals surface area contributed by atoms with Crippen molar-refractivity contribution in [2.75, 3.05) is 41.2 Å². The molecule has 0 aliphatic carbocycles. The molecule has 8 aromatic carbocycles. The summed E-state index contributed by atoms with van der Waals surface area (Å²) in [7, 11) is -17.8. The Labute approximate surface area is 569 Å². The molecule has 0 spiro atoms. The van der Waals surface area contributed by atoms with Crippen LogP contribution in [0.15, 0.2) is 187 Å². The Morgan fingerprint density at radius 3 is 1.00 bits per heavy atom. The highest BCUT2D eigenvalue weighted by Gasteiger charge is 2.19. The molecule has 0 amide bonds. The number of carboxylic acids is 1. The summed E-state index contributed by atoms with van der Waals surface area (Å²) in [5.74, 6) is -0.870. The largest absolute Gasteiger partial charge is 0.488 e. The first kappa shape index (κ1) is 77.9. The van der Waals surface area contributed by atoms with Crippen molar-refractivity contribution in [3.63, 3.8) is 0 Å². The number of ketones is 1. The molecule has 0 heterocycles. The monoisotopic (exact) mass is 1520 g/mol. The first-order valence-electron chi connectivity index (χ1n) is 26.5. The quantitative estimate of drug-likeness (QED) is 0.0321. The molecular formula is C61H60BBrCl6N2O15S5. The zero-order valence-electron chi connectivity index (χ0n) is 48.9. The predicted octanol–water partition coefficient (Wildman–Crippen LogP) is 12.5. The second-order valence-electron chi connectivity index (χ2n) is 19.6. The van der Waals surface area contributed by atoms with Crippen LogP contribution in [-0.4, -0.2) is 106 Å². The van der Waals surface area contributed by atoms with Gasteiger partial charge in [-0.3, -0.25) is 9.59 Å². The van der Waals surface area contributed by atoms with Gasteiger partial charge < -0.3 is 26.6 Å². The zero-order chi connectivity index (χ0) is 68.6. The second-order valence-corrected chi connectivity index (χ2v) is 33.7. The molecule has 30 heteroatoms. The fourth-order valence-electron chi connectivity index (χ4n) is 7.85. The highest BCUT2D eigenvalue weighted by Crippen LogP contribution is 2.39. The molecule has 91 heavy (non-hydrogen) atoms. The molecule has 0 saturated carbocycles. The van der Waals surface area contributed by atoms with Crippen LogP contribution in [0.1, 0.15) is 37.5 Å². The highest BCUT2D eigenvalue weighted by atomic mass is 79.9. The van der Waals surface area contributed by atoms with Gasteiger partial charge in [0.15, 0.2) is 49.2 Å². The number of sulfone groups is 5.